The van der Waals surface area contributed by atoms with Gasteiger partial charge in [-0.15, -0.1) is 0 Å². The molecule has 0 radical (unpaired) electrons. The van der Waals surface area contributed by atoms with Crippen LogP contribution in [-0.2, 0) is 9.53 Å². The highest BCUT2D eigenvalue weighted by Crippen LogP contribution is 2.44. The van der Waals surface area contributed by atoms with Gasteiger partial charge in [0.1, 0.15) is 12.6 Å². The van der Waals surface area contributed by atoms with E-state index in [0.717, 1.165) is 22.3 Å². The number of nitrogens with one attached hydrogen (secondary N) is 1. The summed E-state index contributed by atoms with van der Waals surface area (Å²) < 4.78 is 41.9. The number of alkyl halides is 3. The highest BCUT2D eigenvalue weighted by molar-refractivity contribution is 5.81. The Morgan fingerprint density at radius 1 is 1.00 bits per heavy atom. The molecule has 0 bridgehead atoms. The molecule has 0 aliphatic heterocycles. The summed E-state index contributed by atoms with van der Waals surface area (Å²) >= 11 is 0. The van der Waals surface area contributed by atoms with E-state index in [2.05, 4.69) is 5.32 Å². The van der Waals surface area contributed by atoms with Crippen LogP contribution in [0.15, 0.2) is 48.5 Å². The third-order valence-corrected chi connectivity index (χ3v) is 5.14. The molecule has 0 fully saturated rings. The van der Waals surface area contributed by atoms with E-state index in [1.807, 2.05) is 48.5 Å². The van der Waals surface area contributed by atoms with Crippen molar-refractivity contribution in [1.82, 2.24) is 5.32 Å². The maximum Gasteiger partial charge on any atom is 0.407 e. The summed E-state index contributed by atoms with van der Waals surface area (Å²) in [5.74, 6) is -1.48. The predicted molar refractivity (Wildman–Crippen MR) is 104 cm³/mol. The largest absolute Gasteiger partial charge is 0.480 e. The lowest BCUT2D eigenvalue weighted by Gasteiger charge is -2.17. The Bertz CT molecular complexity index is 868. The van der Waals surface area contributed by atoms with E-state index in [4.69, 9.17) is 4.74 Å². The fourth-order valence-electron chi connectivity index (χ4n) is 3.71. The summed E-state index contributed by atoms with van der Waals surface area (Å²) in [7, 11) is 0. The number of carboxylic acid groups (broad SMARTS) is 1. The third kappa shape index (κ3) is 5.31. The first-order valence-corrected chi connectivity index (χ1v) is 9.67. The zero-order valence-electron chi connectivity index (χ0n) is 16.1. The van der Waals surface area contributed by atoms with E-state index in [9.17, 15) is 27.9 Å². The van der Waals surface area contributed by atoms with Crippen LogP contribution in [-0.4, -0.2) is 36.0 Å². The molecule has 2 N–H and O–H groups in total. The number of rotatable bonds is 8. The number of carboxylic acids is 1. The Morgan fingerprint density at radius 3 is 2.10 bits per heavy atom. The smallest absolute Gasteiger partial charge is 0.407 e. The number of ether oxygens (including phenoxy) is 1. The van der Waals surface area contributed by atoms with E-state index in [1.54, 1.807) is 0 Å². The summed E-state index contributed by atoms with van der Waals surface area (Å²) in [6.45, 7) is 0.0280. The summed E-state index contributed by atoms with van der Waals surface area (Å²) in [4.78, 5) is 23.5. The zero-order valence-corrected chi connectivity index (χ0v) is 16.1. The molecule has 2 aromatic carbocycles. The fourth-order valence-corrected chi connectivity index (χ4v) is 3.71. The number of hydrogen-bond acceptors (Lipinski definition) is 3. The van der Waals surface area contributed by atoms with E-state index in [0.29, 0.717) is 0 Å². The predicted octanol–water partition coefficient (Wildman–Crippen LogP) is 5.10. The molecule has 1 aliphatic rings. The van der Waals surface area contributed by atoms with Gasteiger partial charge >= 0.3 is 18.2 Å². The second kappa shape index (κ2) is 9.19. The van der Waals surface area contributed by atoms with Gasteiger partial charge in [0.25, 0.3) is 0 Å². The Kier molecular flexibility index (Phi) is 6.64. The van der Waals surface area contributed by atoms with Crippen LogP contribution < -0.4 is 5.32 Å². The molecular weight excluding hydrogens is 399 g/mol. The monoisotopic (exact) mass is 421 g/mol. The van der Waals surface area contributed by atoms with E-state index in [1.165, 1.54) is 0 Å². The number of carbonyl (C=O) groups excluding carboxylic acids is 1. The van der Waals surface area contributed by atoms with Crippen molar-refractivity contribution in [2.75, 3.05) is 6.61 Å². The summed E-state index contributed by atoms with van der Waals surface area (Å²) in [5.41, 5.74) is 4.17. The summed E-state index contributed by atoms with van der Waals surface area (Å²) in [5, 5.41) is 11.5. The second-order valence-electron chi connectivity index (χ2n) is 7.22. The topological polar surface area (TPSA) is 75.6 Å². The molecule has 1 atom stereocenters. The fraction of sp³-hybridized carbons (Fsp3) is 0.364. The molecule has 0 unspecified atom stereocenters. The van der Waals surface area contributed by atoms with Crippen molar-refractivity contribution in [3.63, 3.8) is 0 Å². The first-order valence-electron chi connectivity index (χ1n) is 9.67. The van der Waals surface area contributed by atoms with Crippen LogP contribution in [0.1, 0.15) is 42.7 Å². The number of halogens is 3. The van der Waals surface area contributed by atoms with Crippen LogP contribution in [0.2, 0.25) is 0 Å². The lowest BCUT2D eigenvalue weighted by atomic mass is 9.98. The zero-order chi connectivity index (χ0) is 21.7. The highest BCUT2D eigenvalue weighted by atomic mass is 19.4. The van der Waals surface area contributed by atoms with Gasteiger partial charge < -0.3 is 15.2 Å². The molecule has 1 amide bonds. The molecule has 1 aliphatic carbocycles. The van der Waals surface area contributed by atoms with Crippen LogP contribution in [0.5, 0.6) is 0 Å². The van der Waals surface area contributed by atoms with E-state index >= 15 is 0 Å². The third-order valence-electron chi connectivity index (χ3n) is 5.14. The van der Waals surface area contributed by atoms with Gasteiger partial charge in [-0.25, -0.2) is 9.59 Å². The van der Waals surface area contributed by atoms with Crippen LogP contribution in [0.4, 0.5) is 18.0 Å². The highest BCUT2D eigenvalue weighted by Gasteiger charge is 2.30. The van der Waals surface area contributed by atoms with Crippen LogP contribution in [0.3, 0.4) is 0 Å². The molecule has 30 heavy (non-hydrogen) atoms. The quantitative estimate of drug-likeness (QED) is 0.582. The molecule has 8 heteroatoms. The van der Waals surface area contributed by atoms with Gasteiger partial charge in [-0.3, -0.25) is 0 Å². The van der Waals surface area contributed by atoms with Gasteiger partial charge in [0.15, 0.2) is 0 Å². The van der Waals surface area contributed by atoms with Gasteiger partial charge in [0.2, 0.25) is 0 Å². The number of aliphatic carboxylic acids is 1. The van der Waals surface area contributed by atoms with Crippen molar-refractivity contribution >= 4 is 12.1 Å². The summed E-state index contributed by atoms with van der Waals surface area (Å²) in [6, 6.07) is 14.3. The van der Waals surface area contributed by atoms with Crippen molar-refractivity contribution in [3.05, 3.63) is 59.7 Å². The number of carbonyl (C=O) groups is 2. The molecule has 5 nitrogen and oxygen atoms in total. The molecule has 0 aromatic heterocycles. The van der Waals surface area contributed by atoms with Crippen molar-refractivity contribution in [2.24, 2.45) is 0 Å². The minimum Gasteiger partial charge on any atom is -0.480 e. The molecule has 0 saturated carbocycles. The Balaban J connectivity index is 1.56. The maximum atomic E-state index is 12.2. The summed E-state index contributed by atoms with van der Waals surface area (Å²) in [6.07, 6.45) is -6.43. The number of alkyl carbamates (subject to hydrolysis) is 1. The molecular formula is C22H22F3NO4. The minimum atomic E-state index is -4.28. The van der Waals surface area contributed by atoms with Crippen molar-refractivity contribution in [1.29, 1.82) is 0 Å². The average molecular weight is 421 g/mol. The van der Waals surface area contributed by atoms with E-state index < -0.39 is 30.7 Å². The number of amides is 1. The molecule has 160 valence electrons. The van der Waals surface area contributed by atoms with Crippen molar-refractivity contribution in [3.8, 4) is 11.1 Å². The first-order chi connectivity index (χ1) is 14.3. The molecule has 3 rings (SSSR count). The number of unbranched alkanes of at least 4 members (excludes halogenated alkanes) is 1. The van der Waals surface area contributed by atoms with Crippen LogP contribution >= 0.6 is 0 Å². The second-order valence-corrected chi connectivity index (χ2v) is 7.22. The van der Waals surface area contributed by atoms with Crippen molar-refractivity contribution in [2.45, 2.75) is 43.8 Å². The van der Waals surface area contributed by atoms with Crippen LogP contribution in [0.25, 0.3) is 11.1 Å². The van der Waals surface area contributed by atoms with Gasteiger partial charge in [-0.2, -0.15) is 13.2 Å². The van der Waals surface area contributed by atoms with Gasteiger partial charge in [-0.1, -0.05) is 55.0 Å². The maximum absolute atomic E-state index is 12.2. The lowest BCUT2D eigenvalue weighted by Crippen LogP contribution is -2.41. The molecule has 0 spiro atoms. The number of fused-ring (bicyclic) bond motifs is 3. The lowest BCUT2D eigenvalue weighted by molar-refractivity contribution is -0.139. The first kappa shape index (κ1) is 21.7. The molecule has 2 aromatic rings. The molecule has 0 saturated heterocycles. The average Bonchev–Trinajstić information content (AvgIpc) is 3.01. The SMILES string of the molecule is O=C(N[C@H](CCCCC(F)(F)F)C(=O)O)OCC1c2ccccc2-c2ccccc21. The Labute approximate surface area is 171 Å². The Morgan fingerprint density at radius 2 is 1.57 bits per heavy atom. The number of benzene rings is 2. The van der Waals surface area contributed by atoms with Gasteiger partial charge in [0.05, 0.1) is 0 Å². The minimum absolute atomic E-state index is 0.0279. The molecule has 0 heterocycles. The van der Waals surface area contributed by atoms with Gasteiger partial charge in [0, 0.05) is 12.3 Å². The number of hydrogen-bond donors (Lipinski definition) is 2. The van der Waals surface area contributed by atoms with Crippen LogP contribution in [0, 0.1) is 0 Å². The Hall–Kier alpha value is -3.03. The van der Waals surface area contributed by atoms with Crippen molar-refractivity contribution < 1.29 is 32.6 Å². The standard InChI is InChI=1S/C22H22F3NO4/c23-22(24,25)12-6-5-11-19(20(27)28)26-21(29)30-13-18-16-9-3-1-7-14(16)15-8-2-4-10-17(15)18/h1-4,7-10,18-19H,5-6,11-13H2,(H,26,29)(H,27,28)/t19-/m1/s1. The normalized spacial score (nSPS) is 14.0. The van der Waals surface area contributed by atoms with Gasteiger partial charge in [-0.05, 0) is 35.1 Å². The van der Waals surface area contributed by atoms with E-state index in [-0.39, 0.29) is 31.8 Å².